The van der Waals surface area contributed by atoms with Gasteiger partial charge < -0.3 is 19.5 Å². The van der Waals surface area contributed by atoms with Crippen LogP contribution in [0.1, 0.15) is 37.6 Å². The van der Waals surface area contributed by atoms with Gasteiger partial charge in [-0.2, -0.15) is 0 Å². The van der Waals surface area contributed by atoms with E-state index in [1.165, 1.54) is 4.90 Å². The van der Waals surface area contributed by atoms with Crippen LogP contribution in [-0.2, 0) is 4.79 Å². The fraction of sp³-hybridized carbons (Fsp3) is 0.500. The second-order valence-electron chi connectivity index (χ2n) is 4.66. The van der Waals surface area contributed by atoms with Gasteiger partial charge in [0, 0.05) is 12.1 Å². The number of rotatable bonds is 9. The Labute approximate surface area is 130 Å². The SMILES string of the molecule is CCCOc1ccc(C(=O)N(CC)CC(=O)O)cc1OCC. The molecule has 0 aliphatic heterocycles. The van der Waals surface area contributed by atoms with Gasteiger partial charge in [0.2, 0.25) is 0 Å². The van der Waals surface area contributed by atoms with E-state index in [0.717, 1.165) is 6.42 Å². The van der Waals surface area contributed by atoms with Crippen molar-refractivity contribution >= 4 is 11.9 Å². The van der Waals surface area contributed by atoms with Gasteiger partial charge in [0.1, 0.15) is 6.54 Å². The van der Waals surface area contributed by atoms with Crippen LogP contribution in [0, 0.1) is 0 Å². The number of ether oxygens (including phenoxy) is 2. The van der Waals surface area contributed by atoms with Crippen LogP contribution in [0.2, 0.25) is 0 Å². The van der Waals surface area contributed by atoms with Crippen molar-refractivity contribution in [2.24, 2.45) is 0 Å². The topological polar surface area (TPSA) is 76.1 Å². The Kier molecular flexibility index (Phi) is 7.22. The lowest BCUT2D eigenvalue weighted by atomic mass is 10.1. The van der Waals surface area contributed by atoms with Crippen LogP contribution in [0.4, 0.5) is 0 Å². The number of carboxylic acids is 1. The van der Waals surface area contributed by atoms with Gasteiger partial charge >= 0.3 is 5.97 Å². The number of carbonyl (C=O) groups excluding carboxylic acids is 1. The van der Waals surface area contributed by atoms with Crippen molar-refractivity contribution in [3.63, 3.8) is 0 Å². The number of hydrogen-bond acceptors (Lipinski definition) is 4. The van der Waals surface area contributed by atoms with Gasteiger partial charge in [0.15, 0.2) is 11.5 Å². The number of carboxylic acid groups (broad SMARTS) is 1. The maximum atomic E-state index is 12.4. The van der Waals surface area contributed by atoms with Crippen molar-refractivity contribution in [1.29, 1.82) is 0 Å². The summed E-state index contributed by atoms with van der Waals surface area (Å²) in [6.45, 7) is 6.60. The average molecular weight is 309 g/mol. The van der Waals surface area contributed by atoms with Crippen LogP contribution >= 0.6 is 0 Å². The number of hydrogen-bond donors (Lipinski definition) is 1. The Hall–Kier alpha value is -2.24. The maximum Gasteiger partial charge on any atom is 0.323 e. The van der Waals surface area contributed by atoms with E-state index in [9.17, 15) is 9.59 Å². The van der Waals surface area contributed by atoms with Crippen molar-refractivity contribution in [3.05, 3.63) is 23.8 Å². The zero-order valence-electron chi connectivity index (χ0n) is 13.3. The van der Waals surface area contributed by atoms with Gasteiger partial charge in [0.05, 0.1) is 13.2 Å². The molecule has 0 aromatic heterocycles. The van der Waals surface area contributed by atoms with E-state index in [-0.39, 0.29) is 12.5 Å². The molecule has 0 saturated heterocycles. The van der Waals surface area contributed by atoms with Gasteiger partial charge in [-0.1, -0.05) is 6.92 Å². The van der Waals surface area contributed by atoms with E-state index < -0.39 is 5.97 Å². The molecular formula is C16H23NO5. The van der Waals surface area contributed by atoms with Crippen LogP contribution in [-0.4, -0.2) is 48.2 Å². The van der Waals surface area contributed by atoms with Crippen LogP contribution < -0.4 is 9.47 Å². The average Bonchev–Trinajstić information content (AvgIpc) is 2.50. The maximum absolute atomic E-state index is 12.4. The van der Waals surface area contributed by atoms with Crippen LogP contribution in [0.3, 0.4) is 0 Å². The molecule has 22 heavy (non-hydrogen) atoms. The minimum Gasteiger partial charge on any atom is -0.490 e. The number of benzene rings is 1. The largest absolute Gasteiger partial charge is 0.490 e. The van der Waals surface area contributed by atoms with Gasteiger partial charge in [-0.15, -0.1) is 0 Å². The molecule has 1 N–H and O–H groups in total. The standard InChI is InChI=1S/C16H23NO5/c1-4-9-22-13-8-7-12(10-14(13)21-6-3)16(20)17(5-2)11-15(18)19/h7-8,10H,4-6,9,11H2,1-3H3,(H,18,19). The first-order valence-electron chi connectivity index (χ1n) is 7.44. The zero-order valence-corrected chi connectivity index (χ0v) is 13.3. The van der Waals surface area contributed by atoms with Crippen molar-refractivity contribution in [2.75, 3.05) is 26.3 Å². The third-order valence-corrected chi connectivity index (χ3v) is 2.95. The quantitative estimate of drug-likeness (QED) is 0.758. The highest BCUT2D eigenvalue weighted by atomic mass is 16.5. The van der Waals surface area contributed by atoms with Gasteiger partial charge in [-0.05, 0) is 38.5 Å². The molecular weight excluding hydrogens is 286 g/mol. The lowest BCUT2D eigenvalue weighted by Crippen LogP contribution is -2.35. The second kappa shape index (κ2) is 8.92. The fourth-order valence-corrected chi connectivity index (χ4v) is 1.91. The highest BCUT2D eigenvalue weighted by Crippen LogP contribution is 2.29. The highest BCUT2D eigenvalue weighted by Gasteiger charge is 2.18. The minimum absolute atomic E-state index is 0.323. The predicted molar refractivity (Wildman–Crippen MR) is 82.6 cm³/mol. The Morgan fingerprint density at radius 1 is 1.14 bits per heavy atom. The molecule has 0 aliphatic rings. The highest BCUT2D eigenvalue weighted by molar-refractivity contribution is 5.96. The molecule has 6 nitrogen and oxygen atoms in total. The van der Waals surface area contributed by atoms with Crippen LogP contribution in [0.15, 0.2) is 18.2 Å². The van der Waals surface area contributed by atoms with E-state index >= 15 is 0 Å². The summed E-state index contributed by atoms with van der Waals surface area (Å²) in [4.78, 5) is 24.4. The molecule has 0 fully saturated rings. The molecule has 0 unspecified atom stereocenters. The van der Waals surface area contributed by atoms with Crippen LogP contribution in [0.5, 0.6) is 11.5 Å². The molecule has 6 heteroatoms. The molecule has 0 atom stereocenters. The third kappa shape index (κ3) is 4.95. The third-order valence-electron chi connectivity index (χ3n) is 2.95. The molecule has 0 radical (unpaired) electrons. The van der Waals surface area contributed by atoms with Crippen molar-refractivity contribution < 1.29 is 24.2 Å². The fourth-order valence-electron chi connectivity index (χ4n) is 1.91. The molecule has 1 rings (SSSR count). The summed E-state index contributed by atoms with van der Waals surface area (Å²) in [5.41, 5.74) is 0.385. The first-order valence-corrected chi connectivity index (χ1v) is 7.44. The van der Waals surface area contributed by atoms with Gasteiger partial charge in [-0.3, -0.25) is 9.59 Å². The molecule has 0 spiro atoms. The smallest absolute Gasteiger partial charge is 0.323 e. The summed E-state index contributed by atoms with van der Waals surface area (Å²) >= 11 is 0. The van der Waals surface area contributed by atoms with E-state index in [0.29, 0.717) is 36.8 Å². The normalized spacial score (nSPS) is 10.1. The summed E-state index contributed by atoms with van der Waals surface area (Å²) in [7, 11) is 0. The Bertz CT molecular complexity index is 515. The number of likely N-dealkylation sites (N-methyl/N-ethyl adjacent to an activating group) is 1. The number of aliphatic carboxylic acids is 1. The summed E-state index contributed by atoms with van der Waals surface area (Å²) < 4.78 is 11.1. The van der Waals surface area contributed by atoms with Gasteiger partial charge in [0.25, 0.3) is 5.91 Å². The monoisotopic (exact) mass is 309 g/mol. The van der Waals surface area contributed by atoms with E-state index in [1.54, 1.807) is 25.1 Å². The Morgan fingerprint density at radius 3 is 2.41 bits per heavy atom. The summed E-state index contributed by atoms with van der Waals surface area (Å²) in [6, 6.07) is 4.91. The molecule has 0 bridgehead atoms. The molecule has 0 saturated carbocycles. The number of carbonyl (C=O) groups is 2. The molecule has 1 amide bonds. The molecule has 0 aliphatic carbocycles. The van der Waals surface area contributed by atoms with Gasteiger partial charge in [-0.25, -0.2) is 0 Å². The predicted octanol–water partition coefficient (Wildman–Crippen LogP) is 2.42. The lowest BCUT2D eigenvalue weighted by molar-refractivity contribution is -0.137. The number of nitrogens with zero attached hydrogens (tertiary/aromatic N) is 1. The zero-order chi connectivity index (χ0) is 16.5. The second-order valence-corrected chi connectivity index (χ2v) is 4.66. The first kappa shape index (κ1) is 17.8. The summed E-state index contributed by atoms with van der Waals surface area (Å²) in [5.74, 6) is -0.300. The van der Waals surface area contributed by atoms with E-state index in [1.807, 2.05) is 13.8 Å². The minimum atomic E-state index is -1.04. The summed E-state index contributed by atoms with van der Waals surface area (Å²) in [5, 5.41) is 8.85. The Balaban J connectivity index is 3.01. The van der Waals surface area contributed by atoms with E-state index in [4.69, 9.17) is 14.6 Å². The molecule has 1 aromatic rings. The molecule has 0 heterocycles. The molecule has 122 valence electrons. The van der Waals surface area contributed by atoms with Crippen molar-refractivity contribution in [2.45, 2.75) is 27.2 Å². The van der Waals surface area contributed by atoms with Crippen molar-refractivity contribution in [1.82, 2.24) is 4.90 Å². The van der Waals surface area contributed by atoms with Crippen LogP contribution in [0.25, 0.3) is 0 Å². The first-order chi connectivity index (χ1) is 10.5. The van der Waals surface area contributed by atoms with E-state index in [2.05, 4.69) is 0 Å². The molecule has 1 aromatic carbocycles. The van der Waals surface area contributed by atoms with Crippen molar-refractivity contribution in [3.8, 4) is 11.5 Å². The Morgan fingerprint density at radius 2 is 1.86 bits per heavy atom. The number of amides is 1. The lowest BCUT2D eigenvalue weighted by Gasteiger charge is -2.19. The summed E-state index contributed by atoms with van der Waals surface area (Å²) in [6.07, 6.45) is 0.870.